The molecular weight excluding hydrogens is 244 g/mol. The third-order valence-electron chi connectivity index (χ3n) is 3.08. The molecule has 1 aliphatic rings. The molecule has 0 amide bonds. The van der Waals surface area contributed by atoms with Crippen molar-refractivity contribution in [3.63, 3.8) is 0 Å². The van der Waals surface area contributed by atoms with Crippen LogP contribution in [0.15, 0.2) is 36.4 Å². The SMILES string of the molecule is C=C(CNC1CC1)CN(C)Cc1ccc(Cl)cc1. The molecule has 0 atom stereocenters. The molecule has 0 saturated heterocycles. The van der Waals surface area contributed by atoms with Crippen LogP contribution in [0, 0.1) is 0 Å². The summed E-state index contributed by atoms with van der Waals surface area (Å²) in [7, 11) is 2.12. The van der Waals surface area contributed by atoms with Crippen molar-refractivity contribution in [1.29, 1.82) is 0 Å². The van der Waals surface area contributed by atoms with E-state index in [0.29, 0.717) is 0 Å². The van der Waals surface area contributed by atoms with E-state index in [0.717, 1.165) is 30.7 Å². The van der Waals surface area contributed by atoms with Gasteiger partial charge >= 0.3 is 0 Å². The number of benzene rings is 1. The lowest BCUT2D eigenvalue weighted by Gasteiger charge is -2.18. The van der Waals surface area contributed by atoms with Crippen LogP contribution in [0.25, 0.3) is 0 Å². The molecule has 18 heavy (non-hydrogen) atoms. The molecule has 1 aromatic carbocycles. The summed E-state index contributed by atoms with van der Waals surface area (Å²) < 4.78 is 0. The zero-order valence-electron chi connectivity index (χ0n) is 11.0. The van der Waals surface area contributed by atoms with E-state index in [1.54, 1.807) is 0 Å². The molecule has 3 heteroatoms. The molecule has 1 fully saturated rings. The van der Waals surface area contributed by atoms with Crippen molar-refractivity contribution in [2.24, 2.45) is 0 Å². The standard InChI is InChI=1S/C15H21ClN2/c1-12(9-17-15-7-8-15)10-18(2)11-13-3-5-14(16)6-4-13/h3-6,15,17H,1,7-11H2,2H3. The Balaban J connectivity index is 1.71. The van der Waals surface area contributed by atoms with Crippen molar-refractivity contribution in [2.45, 2.75) is 25.4 Å². The number of nitrogens with zero attached hydrogens (tertiary/aromatic N) is 1. The van der Waals surface area contributed by atoms with E-state index in [4.69, 9.17) is 11.6 Å². The number of nitrogens with one attached hydrogen (secondary N) is 1. The van der Waals surface area contributed by atoms with Crippen molar-refractivity contribution in [1.82, 2.24) is 10.2 Å². The lowest BCUT2D eigenvalue weighted by Crippen LogP contribution is -2.26. The van der Waals surface area contributed by atoms with E-state index in [9.17, 15) is 0 Å². The lowest BCUT2D eigenvalue weighted by atomic mass is 10.2. The Bertz CT molecular complexity index is 395. The Labute approximate surface area is 115 Å². The van der Waals surface area contributed by atoms with E-state index in [1.807, 2.05) is 12.1 Å². The molecular formula is C15H21ClN2. The van der Waals surface area contributed by atoms with Crippen LogP contribution in [0.3, 0.4) is 0 Å². The van der Waals surface area contributed by atoms with Gasteiger partial charge in [-0.05, 0) is 43.2 Å². The Morgan fingerprint density at radius 2 is 2.06 bits per heavy atom. The average Bonchev–Trinajstić information content (AvgIpc) is 3.13. The summed E-state index contributed by atoms with van der Waals surface area (Å²) in [5, 5.41) is 4.28. The van der Waals surface area contributed by atoms with Crippen molar-refractivity contribution >= 4 is 11.6 Å². The number of hydrogen-bond donors (Lipinski definition) is 1. The first kappa shape index (κ1) is 13.6. The van der Waals surface area contributed by atoms with Gasteiger partial charge in [0.25, 0.3) is 0 Å². The maximum Gasteiger partial charge on any atom is 0.0406 e. The molecule has 0 spiro atoms. The summed E-state index contributed by atoms with van der Waals surface area (Å²) in [6, 6.07) is 8.78. The topological polar surface area (TPSA) is 15.3 Å². The first-order valence-corrected chi connectivity index (χ1v) is 6.84. The Morgan fingerprint density at radius 1 is 1.39 bits per heavy atom. The molecule has 1 N–H and O–H groups in total. The van der Waals surface area contributed by atoms with Gasteiger partial charge in [-0.2, -0.15) is 0 Å². The summed E-state index contributed by atoms with van der Waals surface area (Å²) in [5.41, 5.74) is 2.53. The highest BCUT2D eigenvalue weighted by atomic mass is 35.5. The quantitative estimate of drug-likeness (QED) is 0.762. The second kappa shape index (κ2) is 6.37. The Kier molecular flexibility index (Phi) is 4.81. The van der Waals surface area contributed by atoms with E-state index in [-0.39, 0.29) is 0 Å². The predicted molar refractivity (Wildman–Crippen MR) is 78.0 cm³/mol. The Hall–Kier alpha value is -0.830. The predicted octanol–water partition coefficient (Wildman–Crippen LogP) is 3.08. The van der Waals surface area contributed by atoms with Gasteiger partial charge < -0.3 is 5.32 Å². The van der Waals surface area contributed by atoms with Crippen LogP contribution in [0.4, 0.5) is 0 Å². The van der Waals surface area contributed by atoms with Crippen LogP contribution in [0.2, 0.25) is 5.02 Å². The van der Waals surface area contributed by atoms with Crippen molar-refractivity contribution in [3.8, 4) is 0 Å². The average molecular weight is 265 g/mol. The summed E-state index contributed by atoms with van der Waals surface area (Å²) >= 11 is 5.87. The molecule has 0 unspecified atom stereocenters. The van der Waals surface area contributed by atoms with E-state index >= 15 is 0 Å². The number of halogens is 1. The van der Waals surface area contributed by atoms with Crippen LogP contribution >= 0.6 is 11.6 Å². The molecule has 0 aliphatic heterocycles. The maximum absolute atomic E-state index is 5.87. The van der Waals surface area contributed by atoms with E-state index in [1.165, 1.54) is 24.0 Å². The highest BCUT2D eigenvalue weighted by Crippen LogP contribution is 2.18. The first-order chi connectivity index (χ1) is 8.63. The lowest BCUT2D eigenvalue weighted by molar-refractivity contribution is 0.352. The largest absolute Gasteiger partial charge is 0.310 e. The Morgan fingerprint density at radius 3 is 2.67 bits per heavy atom. The van der Waals surface area contributed by atoms with Crippen molar-refractivity contribution in [2.75, 3.05) is 20.1 Å². The fraction of sp³-hybridized carbons (Fsp3) is 0.467. The molecule has 0 heterocycles. The van der Waals surface area contributed by atoms with Crippen LogP contribution in [-0.4, -0.2) is 31.1 Å². The number of likely N-dealkylation sites (N-methyl/N-ethyl adjacent to an activating group) is 1. The second-order valence-electron chi connectivity index (χ2n) is 5.20. The van der Waals surface area contributed by atoms with Gasteiger partial charge in [-0.25, -0.2) is 0 Å². The summed E-state index contributed by atoms with van der Waals surface area (Å²) in [6.07, 6.45) is 2.65. The van der Waals surface area contributed by atoms with Gasteiger partial charge in [0, 0.05) is 30.7 Å². The van der Waals surface area contributed by atoms with Crippen molar-refractivity contribution < 1.29 is 0 Å². The van der Waals surface area contributed by atoms with E-state index < -0.39 is 0 Å². The molecule has 2 rings (SSSR count). The molecule has 0 aromatic heterocycles. The highest BCUT2D eigenvalue weighted by molar-refractivity contribution is 6.30. The van der Waals surface area contributed by atoms with Gasteiger partial charge in [-0.15, -0.1) is 0 Å². The summed E-state index contributed by atoms with van der Waals surface area (Å²) in [4.78, 5) is 2.28. The van der Waals surface area contributed by atoms with Gasteiger partial charge in [-0.3, -0.25) is 4.90 Å². The monoisotopic (exact) mass is 264 g/mol. The van der Waals surface area contributed by atoms with Gasteiger partial charge in [0.15, 0.2) is 0 Å². The summed E-state index contributed by atoms with van der Waals surface area (Å²) in [5.74, 6) is 0. The fourth-order valence-electron chi connectivity index (χ4n) is 1.97. The zero-order valence-corrected chi connectivity index (χ0v) is 11.7. The van der Waals surface area contributed by atoms with Crippen LogP contribution < -0.4 is 5.32 Å². The summed E-state index contributed by atoms with van der Waals surface area (Å²) in [6.45, 7) is 6.93. The molecule has 0 bridgehead atoms. The smallest absolute Gasteiger partial charge is 0.0406 e. The van der Waals surface area contributed by atoms with Crippen LogP contribution in [0.1, 0.15) is 18.4 Å². The normalized spacial score (nSPS) is 15.1. The third-order valence-corrected chi connectivity index (χ3v) is 3.33. The van der Waals surface area contributed by atoms with Gasteiger partial charge in [-0.1, -0.05) is 30.3 Å². The van der Waals surface area contributed by atoms with Crippen LogP contribution in [0.5, 0.6) is 0 Å². The number of rotatable bonds is 7. The minimum atomic E-state index is 0.753. The first-order valence-electron chi connectivity index (χ1n) is 6.46. The minimum Gasteiger partial charge on any atom is -0.310 e. The zero-order chi connectivity index (χ0) is 13.0. The number of hydrogen-bond acceptors (Lipinski definition) is 2. The maximum atomic E-state index is 5.87. The molecule has 98 valence electrons. The molecule has 2 nitrogen and oxygen atoms in total. The molecule has 1 aromatic rings. The van der Waals surface area contributed by atoms with Crippen molar-refractivity contribution in [3.05, 3.63) is 47.0 Å². The molecule has 0 radical (unpaired) electrons. The van der Waals surface area contributed by atoms with Gasteiger partial charge in [0.05, 0.1) is 0 Å². The molecule has 1 aliphatic carbocycles. The van der Waals surface area contributed by atoms with E-state index in [2.05, 4.69) is 36.0 Å². The third kappa shape index (κ3) is 4.81. The minimum absolute atomic E-state index is 0.753. The fourth-order valence-corrected chi connectivity index (χ4v) is 2.10. The van der Waals surface area contributed by atoms with Gasteiger partial charge in [0.2, 0.25) is 0 Å². The van der Waals surface area contributed by atoms with Crippen LogP contribution in [-0.2, 0) is 6.54 Å². The van der Waals surface area contributed by atoms with Gasteiger partial charge in [0.1, 0.15) is 0 Å². The molecule has 1 saturated carbocycles. The highest BCUT2D eigenvalue weighted by Gasteiger charge is 2.20. The second-order valence-corrected chi connectivity index (χ2v) is 5.64.